The molecule has 84 valence electrons. The first kappa shape index (κ1) is 12.4. The third kappa shape index (κ3) is 3.78. The van der Waals surface area contributed by atoms with Crippen LogP contribution in [-0.2, 0) is 0 Å². The van der Waals surface area contributed by atoms with Crippen molar-refractivity contribution in [2.75, 3.05) is 6.61 Å². The van der Waals surface area contributed by atoms with E-state index in [0.29, 0.717) is 5.15 Å². The molecule has 1 unspecified atom stereocenters. The van der Waals surface area contributed by atoms with Crippen LogP contribution in [-0.4, -0.2) is 22.7 Å². The molecule has 3 nitrogen and oxygen atoms in total. The second kappa shape index (κ2) is 6.05. The molecule has 1 heterocycles. The van der Waals surface area contributed by atoms with Gasteiger partial charge in [0.2, 0.25) is 0 Å². The van der Waals surface area contributed by atoms with Gasteiger partial charge in [-0.2, -0.15) is 0 Å². The number of hydrogen-bond acceptors (Lipinski definition) is 3. The summed E-state index contributed by atoms with van der Waals surface area (Å²) in [5.74, 6) is 0. The Hall–Kier alpha value is -0.640. The molecule has 1 rings (SSSR count). The van der Waals surface area contributed by atoms with Gasteiger partial charge in [-0.3, -0.25) is 0 Å². The Morgan fingerprint density at radius 3 is 2.87 bits per heavy atom. The zero-order chi connectivity index (χ0) is 11.3. The Bertz CT molecular complexity index is 306. The Labute approximate surface area is 95.5 Å². The van der Waals surface area contributed by atoms with E-state index < -0.39 is 0 Å². The molecule has 0 aliphatic rings. The topological polar surface area (TPSA) is 45.1 Å². The average molecular weight is 229 g/mol. The van der Waals surface area contributed by atoms with Crippen LogP contribution in [0.4, 0.5) is 0 Å². The first-order chi connectivity index (χ1) is 7.15. The molecule has 1 aromatic rings. The third-order valence-corrected chi connectivity index (χ3v) is 2.67. The van der Waals surface area contributed by atoms with Crippen molar-refractivity contribution >= 4 is 11.6 Å². The lowest BCUT2D eigenvalue weighted by Gasteiger charge is -2.20. The Kier molecular flexibility index (Phi) is 5.02. The summed E-state index contributed by atoms with van der Waals surface area (Å²) in [5.41, 5.74) is 0.990. The predicted molar refractivity (Wildman–Crippen MR) is 62.0 cm³/mol. The summed E-state index contributed by atoms with van der Waals surface area (Å²) in [6.07, 6.45) is 2.41. The molecule has 0 aromatic carbocycles. The normalized spacial score (nSPS) is 14.9. The van der Waals surface area contributed by atoms with Gasteiger partial charge >= 0.3 is 0 Å². The molecule has 2 atom stereocenters. The van der Waals surface area contributed by atoms with E-state index in [0.717, 1.165) is 12.0 Å². The monoisotopic (exact) mass is 228 g/mol. The average Bonchev–Trinajstić information content (AvgIpc) is 2.18. The minimum absolute atomic E-state index is 0.146. The van der Waals surface area contributed by atoms with E-state index in [1.807, 2.05) is 26.0 Å². The predicted octanol–water partition coefficient (Wildman–Crippen LogP) is 2.16. The van der Waals surface area contributed by atoms with E-state index in [2.05, 4.69) is 10.3 Å². The SMILES string of the molecule is CC(N[C@H](C)CCO)c1cccnc1Cl. The Morgan fingerprint density at radius 2 is 2.27 bits per heavy atom. The first-order valence-electron chi connectivity index (χ1n) is 5.12. The fourth-order valence-electron chi connectivity index (χ4n) is 1.52. The third-order valence-electron chi connectivity index (χ3n) is 2.35. The molecule has 4 heteroatoms. The highest BCUT2D eigenvalue weighted by molar-refractivity contribution is 6.30. The summed E-state index contributed by atoms with van der Waals surface area (Å²) in [6, 6.07) is 4.24. The van der Waals surface area contributed by atoms with E-state index in [4.69, 9.17) is 16.7 Å². The minimum atomic E-state index is 0.146. The number of aliphatic hydroxyl groups is 1. The van der Waals surface area contributed by atoms with Crippen LogP contribution in [0.1, 0.15) is 31.9 Å². The van der Waals surface area contributed by atoms with Crippen molar-refractivity contribution in [3.05, 3.63) is 29.0 Å². The molecule has 0 fully saturated rings. The number of rotatable bonds is 5. The van der Waals surface area contributed by atoms with Crippen LogP contribution >= 0.6 is 11.6 Å². The molecule has 0 bridgehead atoms. The minimum Gasteiger partial charge on any atom is -0.396 e. The summed E-state index contributed by atoms with van der Waals surface area (Å²) in [5, 5.41) is 12.7. The quantitative estimate of drug-likeness (QED) is 0.760. The Morgan fingerprint density at radius 1 is 1.53 bits per heavy atom. The van der Waals surface area contributed by atoms with Gasteiger partial charge in [0, 0.05) is 30.5 Å². The lowest BCUT2D eigenvalue weighted by molar-refractivity contribution is 0.264. The van der Waals surface area contributed by atoms with Crippen LogP contribution in [0.15, 0.2) is 18.3 Å². The van der Waals surface area contributed by atoms with Crippen LogP contribution in [0.3, 0.4) is 0 Å². The zero-order valence-corrected chi connectivity index (χ0v) is 9.83. The highest BCUT2D eigenvalue weighted by Gasteiger charge is 2.12. The summed E-state index contributed by atoms with van der Waals surface area (Å²) < 4.78 is 0. The van der Waals surface area contributed by atoms with Crippen molar-refractivity contribution in [3.8, 4) is 0 Å². The number of aliphatic hydroxyl groups excluding tert-OH is 1. The van der Waals surface area contributed by atoms with Crippen LogP contribution in [0, 0.1) is 0 Å². The molecular weight excluding hydrogens is 212 g/mol. The van der Waals surface area contributed by atoms with Gasteiger partial charge in [0.1, 0.15) is 5.15 Å². The number of pyridine rings is 1. The van der Waals surface area contributed by atoms with Crippen LogP contribution < -0.4 is 5.32 Å². The summed E-state index contributed by atoms with van der Waals surface area (Å²) in [6.45, 7) is 4.27. The fourth-order valence-corrected chi connectivity index (χ4v) is 1.80. The van der Waals surface area contributed by atoms with Crippen LogP contribution in [0.25, 0.3) is 0 Å². The number of halogens is 1. The van der Waals surface area contributed by atoms with Gasteiger partial charge in [-0.15, -0.1) is 0 Å². The summed E-state index contributed by atoms with van der Waals surface area (Å²) in [7, 11) is 0. The molecular formula is C11H17ClN2O. The van der Waals surface area contributed by atoms with Gasteiger partial charge in [0.25, 0.3) is 0 Å². The maximum atomic E-state index is 8.80. The molecule has 1 aromatic heterocycles. The summed E-state index contributed by atoms with van der Waals surface area (Å²) in [4.78, 5) is 4.03. The first-order valence-corrected chi connectivity index (χ1v) is 5.50. The van der Waals surface area contributed by atoms with Crippen molar-refractivity contribution in [1.29, 1.82) is 0 Å². The molecule has 0 spiro atoms. The van der Waals surface area contributed by atoms with Gasteiger partial charge in [0.15, 0.2) is 0 Å². The van der Waals surface area contributed by atoms with Crippen molar-refractivity contribution in [2.24, 2.45) is 0 Å². The standard InChI is InChI=1S/C11H17ClN2O/c1-8(5-7-15)14-9(2)10-4-3-6-13-11(10)12/h3-4,6,8-9,14-15H,5,7H2,1-2H3/t8-,9?/m1/s1. The van der Waals surface area contributed by atoms with Crippen molar-refractivity contribution in [2.45, 2.75) is 32.4 Å². The van der Waals surface area contributed by atoms with E-state index >= 15 is 0 Å². The van der Waals surface area contributed by atoms with Crippen molar-refractivity contribution < 1.29 is 5.11 Å². The molecule has 2 N–H and O–H groups in total. The molecule has 0 radical (unpaired) electrons. The number of aromatic nitrogens is 1. The van der Waals surface area contributed by atoms with Crippen LogP contribution in [0.5, 0.6) is 0 Å². The lowest BCUT2D eigenvalue weighted by Crippen LogP contribution is -2.29. The van der Waals surface area contributed by atoms with Gasteiger partial charge in [0.05, 0.1) is 0 Å². The summed E-state index contributed by atoms with van der Waals surface area (Å²) >= 11 is 5.98. The van der Waals surface area contributed by atoms with Gasteiger partial charge < -0.3 is 10.4 Å². The largest absolute Gasteiger partial charge is 0.396 e. The van der Waals surface area contributed by atoms with Crippen LogP contribution in [0.2, 0.25) is 5.15 Å². The zero-order valence-electron chi connectivity index (χ0n) is 9.07. The number of nitrogens with one attached hydrogen (secondary N) is 1. The van der Waals surface area contributed by atoms with E-state index in [-0.39, 0.29) is 18.7 Å². The molecule has 15 heavy (non-hydrogen) atoms. The maximum absolute atomic E-state index is 8.80. The molecule has 0 saturated heterocycles. The Balaban J connectivity index is 2.61. The number of hydrogen-bond donors (Lipinski definition) is 2. The van der Waals surface area contributed by atoms with E-state index in [1.54, 1.807) is 6.20 Å². The lowest BCUT2D eigenvalue weighted by atomic mass is 10.1. The molecule has 0 saturated carbocycles. The highest BCUT2D eigenvalue weighted by Crippen LogP contribution is 2.20. The van der Waals surface area contributed by atoms with Crippen molar-refractivity contribution in [3.63, 3.8) is 0 Å². The molecule has 0 aliphatic carbocycles. The van der Waals surface area contributed by atoms with Gasteiger partial charge in [-0.1, -0.05) is 17.7 Å². The smallest absolute Gasteiger partial charge is 0.133 e. The highest BCUT2D eigenvalue weighted by atomic mass is 35.5. The molecule has 0 amide bonds. The van der Waals surface area contributed by atoms with Crippen molar-refractivity contribution in [1.82, 2.24) is 10.3 Å². The van der Waals surface area contributed by atoms with E-state index in [9.17, 15) is 0 Å². The fraction of sp³-hybridized carbons (Fsp3) is 0.545. The second-order valence-electron chi connectivity index (χ2n) is 3.69. The van der Waals surface area contributed by atoms with Gasteiger partial charge in [-0.05, 0) is 26.3 Å². The number of nitrogens with zero attached hydrogens (tertiary/aromatic N) is 1. The van der Waals surface area contributed by atoms with Gasteiger partial charge in [-0.25, -0.2) is 4.98 Å². The maximum Gasteiger partial charge on any atom is 0.133 e. The van der Waals surface area contributed by atoms with E-state index in [1.165, 1.54) is 0 Å². The molecule has 0 aliphatic heterocycles. The second-order valence-corrected chi connectivity index (χ2v) is 4.04.